The van der Waals surface area contributed by atoms with E-state index in [1.54, 1.807) is 17.2 Å². The van der Waals surface area contributed by atoms with Crippen molar-refractivity contribution in [3.05, 3.63) is 52.6 Å². The molecule has 0 radical (unpaired) electrons. The zero-order chi connectivity index (χ0) is 27.4. The number of benzene rings is 1. The maximum absolute atomic E-state index is 12.7. The third-order valence-electron chi connectivity index (χ3n) is 8.24. The number of hydrogen-bond donors (Lipinski definition) is 3. The highest BCUT2D eigenvalue weighted by molar-refractivity contribution is 5.88. The van der Waals surface area contributed by atoms with Crippen LogP contribution >= 0.6 is 12.4 Å². The molecule has 40 heavy (non-hydrogen) atoms. The molecule has 1 aromatic carbocycles. The van der Waals surface area contributed by atoms with E-state index in [2.05, 4.69) is 15.2 Å². The molecule has 1 aromatic heterocycles. The number of nitrogens with two attached hydrogens (primary N) is 2. The Labute approximate surface area is 241 Å². The van der Waals surface area contributed by atoms with Gasteiger partial charge in [-0.15, -0.1) is 12.4 Å². The zero-order valence-corrected chi connectivity index (χ0v) is 23.7. The Bertz CT molecular complexity index is 1210. The largest absolute Gasteiger partial charge is 0.354 e. The van der Waals surface area contributed by atoms with Crippen molar-refractivity contribution in [1.29, 1.82) is 0 Å². The minimum atomic E-state index is -0.462. The van der Waals surface area contributed by atoms with Crippen LogP contribution in [0.4, 0.5) is 10.6 Å². The van der Waals surface area contributed by atoms with E-state index in [0.29, 0.717) is 32.2 Å². The molecule has 2 aliphatic heterocycles. The second-order valence-corrected chi connectivity index (χ2v) is 11.1. The molecule has 5 N–H and O–H groups in total. The number of nitrogens with zero attached hydrogens (tertiary/aromatic N) is 5. The lowest BCUT2D eigenvalue weighted by Crippen LogP contribution is -2.55. The summed E-state index contributed by atoms with van der Waals surface area (Å²) < 4.78 is 1.46. The first kappa shape index (κ1) is 30.0. The molecule has 1 saturated carbocycles. The minimum absolute atomic E-state index is 0. The van der Waals surface area contributed by atoms with E-state index in [-0.39, 0.29) is 42.1 Å². The number of anilines is 1. The fourth-order valence-corrected chi connectivity index (χ4v) is 5.63. The van der Waals surface area contributed by atoms with Gasteiger partial charge in [0.2, 0.25) is 5.91 Å². The van der Waals surface area contributed by atoms with Gasteiger partial charge in [0, 0.05) is 56.9 Å². The lowest BCUT2D eigenvalue weighted by Gasteiger charge is -2.39. The van der Waals surface area contributed by atoms with Gasteiger partial charge in [-0.05, 0) is 75.4 Å². The number of piperazine rings is 1. The van der Waals surface area contributed by atoms with Crippen molar-refractivity contribution in [3.8, 4) is 5.69 Å². The van der Waals surface area contributed by atoms with Crippen LogP contribution in [0, 0.1) is 5.92 Å². The van der Waals surface area contributed by atoms with Crippen molar-refractivity contribution in [2.75, 3.05) is 51.1 Å². The van der Waals surface area contributed by atoms with Gasteiger partial charge in [0.05, 0.1) is 5.69 Å². The molecule has 12 heteroatoms. The fourth-order valence-electron chi connectivity index (χ4n) is 5.63. The van der Waals surface area contributed by atoms with E-state index < -0.39 is 5.69 Å². The van der Waals surface area contributed by atoms with Crippen LogP contribution in [0.25, 0.3) is 5.69 Å². The Morgan fingerprint density at radius 2 is 1.60 bits per heavy atom. The number of hydrogen-bond acceptors (Lipinski definition) is 7. The third kappa shape index (κ3) is 7.39. The van der Waals surface area contributed by atoms with Crippen molar-refractivity contribution in [3.63, 3.8) is 0 Å². The molecule has 2 aromatic rings. The summed E-state index contributed by atoms with van der Waals surface area (Å²) in [6.07, 6.45) is 7.38. The van der Waals surface area contributed by atoms with Crippen molar-refractivity contribution in [2.24, 2.45) is 17.4 Å². The van der Waals surface area contributed by atoms with Crippen LogP contribution < -0.4 is 22.5 Å². The molecule has 3 fully saturated rings. The molecule has 0 spiro atoms. The number of carbonyl (C=O) groups is 2. The van der Waals surface area contributed by atoms with Crippen LogP contribution in [0.2, 0.25) is 0 Å². The van der Waals surface area contributed by atoms with Crippen molar-refractivity contribution >= 4 is 30.2 Å². The molecule has 0 bridgehead atoms. The van der Waals surface area contributed by atoms with Gasteiger partial charge in [-0.2, -0.15) is 4.98 Å². The standard InChI is InChI=1S/C28H40N8O3.ClH/c29-22-2-1-10-33(12-8-22)11-7-20-3-5-24(6-4-20)36-13-9-25(32-28(36)39)31-27(38)35-16-14-34(15-17-35)26(37)21-18-23(30)19-21;/h3-6,9,13,21-23H,1-2,7-8,10-12,14-19,29-30H2,(H,31,32,38,39);1H/t21-,22?,23+;. The normalized spacial score (nSPS) is 23.5. The maximum Gasteiger partial charge on any atom is 0.354 e. The molecule has 3 amide bonds. The predicted molar refractivity (Wildman–Crippen MR) is 157 cm³/mol. The van der Waals surface area contributed by atoms with Gasteiger partial charge in [-0.25, -0.2) is 9.59 Å². The lowest BCUT2D eigenvalue weighted by atomic mass is 9.80. The Morgan fingerprint density at radius 3 is 2.27 bits per heavy atom. The highest BCUT2D eigenvalue weighted by Crippen LogP contribution is 2.28. The number of carbonyl (C=O) groups excluding carboxylic acids is 2. The molecule has 3 aliphatic rings. The van der Waals surface area contributed by atoms with Crippen LogP contribution in [-0.4, -0.2) is 94.1 Å². The lowest BCUT2D eigenvalue weighted by molar-refractivity contribution is -0.140. The Morgan fingerprint density at radius 1 is 0.900 bits per heavy atom. The van der Waals surface area contributed by atoms with Crippen LogP contribution in [0.3, 0.4) is 0 Å². The van der Waals surface area contributed by atoms with Gasteiger partial charge in [0.1, 0.15) is 5.82 Å². The highest BCUT2D eigenvalue weighted by atomic mass is 35.5. The quantitative estimate of drug-likeness (QED) is 0.475. The van der Waals surface area contributed by atoms with E-state index in [4.69, 9.17) is 11.5 Å². The number of nitrogens with one attached hydrogen (secondary N) is 1. The number of amides is 3. The zero-order valence-electron chi connectivity index (χ0n) is 22.9. The second kappa shape index (κ2) is 13.6. The molecular weight excluding hydrogens is 532 g/mol. The van der Waals surface area contributed by atoms with Crippen LogP contribution in [0.1, 0.15) is 37.7 Å². The Balaban J connectivity index is 0.00000370. The molecule has 1 atom stereocenters. The van der Waals surface area contributed by atoms with E-state index in [1.165, 1.54) is 10.1 Å². The minimum Gasteiger partial charge on any atom is -0.339 e. The summed E-state index contributed by atoms with van der Waals surface area (Å²) in [5, 5.41) is 2.72. The molecule has 5 rings (SSSR count). The number of likely N-dealkylation sites (tertiary alicyclic amines) is 1. The van der Waals surface area contributed by atoms with E-state index >= 15 is 0 Å². The first-order chi connectivity index (χ1) is 18.9. The van der Waals surface area contributed by atoms with Gasteiger partial charge >= 0.3 is 11.7 Å². The topological polar surface area (TPSA) is 143 Å². The monoisotopic (exact) mass is 572 g/mol. The van der Waals surface area contributed by atoms with Gasteiger partial charge in [0.25, 0.3) is 0 Å². The predicted octanol–water partition coefficient (Wildman–Crippen LogP) is 1.42. The smallest absolute Gasteiger partial charge is 0.339 e. The van der Waals surface area contributed by atoms with Gasteiger partial charge in [-0.1, -0.05) is 12.1 Å². The molecule has 1 unspecified atom stereocenters. The van der Waals surface area contributed by atoms with Crippen LogP contribution in [0.15, 0.2) is 41.3 Å². The number of urea groups is 1. The summed E-state index contributed by atoms with van der Waals surface area (Å²) in [5.74, 6) is 0.367. The van der Waals surface area contributed by atoms with Crippen molar-refractivity contribution in [2.45, 2.75) is 50.6 Å². The van der Waals surface area contributed by atoms with E-state index in [9.17, 15) is 14.4 Å². The summed E-state index contributed by atoms with van der Waals surface area (Å²) in [6.45, 7) is 5.01. The van der Waals surface area contributed by atoms with Gasteiger partial charge in [-0.3, -0.25) is 14.7 Å². The van der Waals surface area contributed by atoms with Gasteiger partial charge in [0.15, 0.2) is 0 Å². The first-order valence-electron chi connectivity index (χ1n) is 14.1. The van der Waals surface area contributed by atoms with Crippen molar-refractivity contribution < 1.29 is 9.59 Å². The molecule has 218 valence electrons. The average Bonchev–Trinajstić information content (AvgIpc) is 3.14. The third-order valence-corrected chi connectivity index (χ3v) is 8.24. The summed E-state index contributed by atoms with van der Waals surface area (Å²) in [5.41, 5.74) is 13.4. The summed E-state index contributed by atoms with van der Waals surface area (Å²) in [7, 11) is 0. The van der Waals surface area contributed by atoms with Crippen LogP contribution in [0.5, 0.6) is 0 Å². The molecule has 1 aliphatic carbocycles. The second-order valence-electron chi connectivity index (χ2n) is 11.1. The Kier molecular flexibility index (Phi) is 10.2. The highest BCUT2D eigenvalue weighted by Gasteiger charge is 2.36. The van der Waals surface area contributed by atoms with Crippen molar-refractivity contribution in [1.82, 2.24) is 24.3 Å². The van der Waals surface area contributed by atoms with Gasteiger partial charge < -0.3 is 26.2 Å². The maximum atomic E-state index is 12.7. The molecular formula is C28H41ClN8O3. The Hall–Kier alpha value is -2.99. The summed E-state index contributed by atoms with van der Waals surface area (Å²) in [6, 6.07) is 9.69. The van der Waals surface area contributed by atoms with E-state index in [1.807, 2.05) is 29.2 Å². The van der Waals surface area contributed by atoms with Crippen LogP contribution in [-0.2, 0) is 11.2 Å². The fraction of sp³-hybridized carbons (Fsp3) is 0.571. The SMILES string of the molecule is Cl.NC1CCCN(CCc2ccc(-n3ccc(NC(=O)N4CCN(C(=O)[C@H]5C[C@@H](N)C5)CC4)nc3=O)cc2)CC1. The molecule has 2 saturated heterocycles. The molecule has 3 heterocycles. The number of halogens is 1. The number of aromatic nitrogens is 2. The number of rotatable bonds is 6. The molecule has 11 nitrogen and oxygen atoms in total. The first-order valence-corrected chi connectivity index (χ1v) is 14.1. The van der Waals surface area contributed by atoms with E-state index in [0.717, 1.165) is 63.8 Å². The average molecular weight is 573 g/mol. The summed E-state index contributed by atoms with van der Waals surface area (Å²) >= 11 is 0. The summed E-state index contributed by atoms with van der Waals surface area (Å²) in [4.78, 5) is 48.0.